The molecule has 0 bridgehead atoms. The minimum atomic E-state index is -0.0831. The molecule has 0 fully saturated rings. The Kier molecular flexibility index (Phi) is 5.88. The first kappa shape index (κ1) is 17.2. The Morgan fingerprint density at radius 2 is 1.87 bits per heavy atom. The predicted octanol–water partition coefficient (Wildman–Crippen LogP) is 3.69. The van der Waals surface area contributed by atoms with Gasteiger partial charge in [-0.3, -0.25) is 4.79 Å². The van der Waals surface area contributed by atoms with Gasteiger partial charge in [-0.25, -0.2) is 0 Å². The summed E-state index contributed by atoms with van der Waals surface area (Å²) in [4.78, 5) is 12.0. The highest BCUT2D eigenvalue weighted by molar-refractivity contribution is 6.31. The van der Waals surface area contributed by atoms with Crippen LogP contribution in [0.4, 0.5) is 5.69 Å². The first-order valence-electron chi connectivity index (χ1n) is 7.40. The third-order valence-electron chi connectivity index (χ3n) is 3.53. The molecule has 0 aromatic heterocycles. The standard InChI is InChI=1S/C18H21ClN2O2/c1-12-4-6-14(7-5-12)10-21-18(22)11-20-16-8-13(2)15(19)9-17(16)23-3/h4-9,20H,10-11H2,1-3H3,(H,21,22). The molecule has 0 aliphatic carbocycles. The molecular weight excluding hydrogens is 312 g/mol. The maximum Gasteiger partial charge on any atom is 0.239 e. The first-order valence-corrected chi connectivity index (χ1v) is 7.77. The largest absolute Gasteiger partial charge is 0.495 e. The number of hydrogen-bond acceptors (Lipinski definition) is 3. The Balaban J connectivity index is 1.89. The summed E-state index contributed by atoms with van der Waals surface area (Å²) >= 11 is 6.07. The number of carbonyl (C=O) groups is 1. The fraction of sp³-hybridized carbons (Fsp3) is 0.278. The van der Waals surface area contributed by atoms with Crippen LogP contribution in [0, 0.1) is 13.8 Å². The van der Waals surface area contributed by atoms with Crippen LogP contribution in [0.5, 0.6) is 5.75 Å². The SMILES string of the molecule is COc1cc(Cl)c(C)cc1NCC(=O)NCc1ccc(C)cc1. The lowest BCUT2D eigenvalue weighted by Crippen LogP contribution is -2.29. The van der Waals surface area contributed by atoms with Gasteiger partial charge in [-0.1, -0.05) is 41.4 Å². The van der Waals surface area contributed by atoms with Crippen LogP contribution in [0.2, 0.25) is 5.02 Å². The van der Waals surface area contributed by atoms with E-state index in [0.717, 1.165) is 16.8 Å². The number of anilines is 1. The Bertz CT molecular complexity index is 684. The third kappa shape index (κ3) is 4.89. The summed E-state index contributed by atoms with van der Waals surface area (Å²) in [6, 6.07) is 11.7. The molecule has 0 unspecified atom stereocenters. The molecule has 23 heavy (non-hydrogen) atoms. The molecule has 2 aromatic rings. The molecule has 0 radical (unpaired) electrons. The van der Waals surface area contributed by atoms with Crippen molar-refractivity contribution in [2.45, 2.75) is 20.4 Å². The van der Waals surface area contributed by atoms with Crippen LogP contribution < -0.4 is 15.4 Å². The second-order valence-corrected chi connectivity index (χ2v) is 5.82. The third-order valence-corrected chi connectivity index (χ3v) is 3.94. The van der Waals surface area contributed by atoms with E-state index < -0.39 is 0 Å². The van der Waals surface area contributed by atoms with Crippen LogP contribution in [0.3, 0.4) is 0 Å². The van der Waals surface area contributed by atoms with Crippen LogP contribution in [-0.2, 0) is 11.3 Å². The summed E-state index contributed by atoms with van der Waals surface area (Å²) in [7, 11) is 1.57. The Hall–Kier alpha value is -2.20. The number of methoxy groups -OCH3 is 1. The molecule has 5 heteroatoms. The molecule has 0 atom stereocenters. The molecule has 0 saturated heterocycles. The monoisotopic (exact) mass is 332 g/mol. The van der Waals surface area contributed by atoms with Crippen molar-refractivity contribution in [3.8, 4) is 5.75 Å². The molecule has 1 amide bonds. The number of halogens is 1. The van der Waals surface area contributed by atoms with Gasteiger partial charge < -0.3 is 15.4 Å². The molecule has 0 saturated carbocycles. The van der Waals surface area contributed by atoms with E-state index in [0.29, 0.717) is 17.3 Å². The van der Waals surface area contributed by atoms with Crippen molar-refractivity contribution in [2.24, 2.45) is 0 Å². The molecule has 2 N–H and O–H groups in total. The summed E-state index contributed by atoms with van der Waals surface area (Å²) in [5, 5.41) is 6.60. The molecule has 0 aliphatic heterocycles. The molecule has 0 spiro atoms. The summed E-state index contributed by atoms with van der Waals surface area (Å²) in [6.07, 6.45) is 0. The lowest BCUT2D eigenvalue weighted by Gasteiger charge is -2.13. The fourth-order valence-electron chi connectivity index (χ4n) is 2.11. The highest BCUT2D eigenvalue weighted by Gasteiger charge is 2.08. The zero-order valence-electron chi connectivity index (χ0n) is 13.6. The van der Waals surface area contributed by atoms with Gasteiger partial charge in [0.15, 0.2) is 0 Å². The van der Waals surface area contributed by atoms with Gasteiger partial charge in [0, 0.05) is 17.6 Å². The van der Waals surface area contributed by atoms with E-state index in [4.69, 9.17) is 16.3 Å². The number of carbonyl (C=O) groups excluding carboxylic acids is 1. The van der Waals surface area contributed by atoms with Crippen molar-refractivity contribution in [1.82, 2.24) is 5.32 Å². The molecule has 0 heterocycles. The first-order chi connectivity index (χ1) is 11.0. The lowest BCUT2D eigenvalue weighted by atomic mass is 10.1. The Morgan fingerprint density at radius 3 is 2.52 bits per heavy atom. The van der Waals surface area contributed by atoms with Crippen molar-refractivity contribution in [2.75, 3.05) is 19.0 Å². The van der Waals surface area contributed by atoms with Crippen molar-refractivity contribution >= 4 is 23.2 Å². The molecule has 122 valence electrons. The van der Waals surface area contributed by atoms with Crippen LogP contribution in [0.1, 0.15) is 16.7 Å². The zero-order valence-corrected chi connectivity index (χ0v) is 14.3. The van der Waals surface area contributed by atoms with Gasteiger partial charge in [0.05, 0.1) is 19.3 Å². The molecule has 0 aliphatic rings. The van der Waals surface area contributed by atoms with E-state index in [1.54, 1.807) is 13.2 Å². The van der Waals surface area contributed by atoms with Gasteiger partial charge in [0.1, 0.15) is 5.75 Å². The van der Waals surface area contributed by atoms with Gasteiger partial charge in [-0.2, -0.15) is 0 Å². The smallest absolute Gasteiger partial charge is 0.239 e. The van der Waals surface area contributed by atoms with Crippen molar-refractivity contribution in [1.29, 1.82) is 0 Å². The van der Waals surface area contributed by atoms with Gasteiger partial charge in [0.2, 0.25) is 5.91 Å². The van der Waals surface area contributed by atoms with Crippen LogP contribution in [0.25, 0.3) is 0 Å². The molecule has 2 rings (SSSR count). The summed E-state index contributed by atoms with van der Waals surface area (Å²) in [6.45, 7) is 4.62. The van der Waals surface area contributed by atoms with Crippen LogP contribution in [0.15, 0.2) is 36.4 Å². The van der Waals surface area contributed by atoms with Gasteiger partial charge in [-0.05, 0) is 31.0 Å². The lowest BCUT2D eigenvalue weighted by molar-refractivity contribution is -0.119. The van der Waals surface area contributed by atoms with E-state index >= 15 is 0 Å². The second-order valence-electron chi connectivity index (χ2n) is 5.42. The number of rotatable bonds is 6. The number of ether oxygens (including phenoxy) is 1. The molecular formula is C18H21ClN2O2. The van der Waals surface area contributed by atoms with Crippen LogP contribution >= 0.6 is 11.6 Å². The number of nitrogens with one attached hydrogen (secondary N) is 2. The van der Waals surface area contributed by atoms with Crippen LogP contribution in [-0.4, -0.2) is 19.6 Å². The van der Waals surface area contributed by atoms with Gasteiger partial charge >= 0.3 is 0 Å². The highest BCUT2D eigenvalue weighted by atomic mass is 35.5. The average Bonchev–Trinajstić information content (AvgIpc) is 2.55. The van der Waals surface area contributed by atoms with Crippen molar-refractivity contribution in [3.05, 3.63) is 58.1 Å². The van der Waals surface area contributed by atoms with Crippen molar-refractivity contribution < 1.29 is 9.53 Å². The molecule has 4 nitrogen and oxygen atoms in total. The quantitative estimate of drug-likeness (QED) is 0.848. The second kappa shape index (κ2) is 7.88. The molecule has 2 aromatic carbocycles. The maximum absolute atomic E-state index is 12.0. The Morgan fingerprint density at radius 1 is 1.17 bits per heavy atom. The minimum absolute atomic E-state index is 0.0831. The van der Waals surface area contributed by atoms with E-state index in [-0.39, 0.29) is 12.5 Å². The normalized spacial score (nSPS) is 10.3. The Labute approximate surface area is 141 Å². The van der Waals surface area contributed by atoms with E-state index in [9.17, 15) is 4.79 Å². The van der Waals surface area contributed by atoms with Gasteiger partial charge in [0.25, 0.3) is 0 Å². The van der Waals surface area contributed by atoms with E-state index in [2.05, 4.69) is 10.6 Å². The fourth-order valence-corrected chi connectivity index (χ4v) is 2.27. The number of aryl methyl sites for hydroxylation is 2. The number of amides is 1. The summed E-state index contributed by atoms with van der Waals surface area (Å²) < 4.78 is 5.28. The zero-order chi connectivity index (χ0) is 16.8. The van der Waals surface area contributed by atoms with E-state index in [1.165, 1.54) is 5.56 Å². The maximum atomic E-state index is 12.0. The summed E-state index contributed by atoms with van der Waals surface area (Å²) in [5.41, 5.74) is 3.95. The predicted molar refractivity (Wildman–Crippen MR) is 94.3 cm³/mol. The van der Waals surface area contributed by atoms with Gasteiger partial charge in [-0.15, -0.1) is 0 Å². The number of hydrogen-bond donors (Lipinski definition) is 2. The average molecular weight is 333 g/mol. The number of benzene rings is 2. The van der Waals surface area contributed by atoms with Crippen molar-refractivity contribution in [3.63, 3.8) is 0 Å². The topological polar surface area (TPSA) is 50.4 Å². The highest BCUT2D eigenvalue weighted by Crippen LogP contribution is 2.30. The summed E-state index contributed by atoms with van der Waals surface area (Å²) in [5.74, 6) is 0.534. The van der Waals surface area contributed by atoms with E-state index in [1.807, 2.05) is 44.2 Å². The minimum Gasteiger partial charge on any atom is -0.495 e.